The summed E-state index contributed by atoms with van der Waals surface area (Å²) in [4.78, 5) is 0. The zero-order valence-corrected chi connectivity index (χ0v) is 9.03. The van der Waals surface area contributed by atoms with Gasteiger partial charge >= 0.3 is 77.2 Å². The maximum absolute atomic E-state index is 8.57. The number of hydrogen-bond donors (Lipinski definition) is 6. The second-order valence-corrected chi connectivity index (χ2v) is 6.88. The van der Waals surface area contributed by atoms with E-state index in [0.717, 1.165) is 0 Å². The molecule has 0 unspecified atom stereocenters. The first-order valence-corrected chi connectivity index (χ1v) is 7.96. The van der Waals surface area contributed by atoms with Gasteiger partial charge in [-0.3, -0.25) is 0 Å². The van der Waals surface area contributed by atoms with Gasteiger partial charge in [0.2, 0.25) is 0 Å². The first kappa shape index (κ1) is 12.4. The van der Waals surface area contributed by atoms with Gasteiger partial charge in [0.05, 0.1) is 0 Å². The van der Waals surface area contributed by atoms with E-state index in [2.05, 4.69) is 5.17 Å². The van der Waals surface area contributed by atoms with Crippen molar-refractivity contribution < 1.29 is 77.2 Å². The van der Waals surface area contributed by atoms with Crippen LogP contribution in [-0.4, -0.2) is 24.2 Å². The fourth-order valence-corrected chi connectivity index (χ4v) is 4.28. The quantitative estimate of drug-likeness (QED) is 0.313. The minimum absolute atomic E-state index is 3.66. The molecule has 0 aliphatic carbocycles. The van der Waals surface area contributed by atoms with E-state index in [1.54, 1.807) is 0 Å². The molecule has 0 rings (SSSR count). The van der Waals surface area contributed by atoms with Gasteiger partial charge in [-0.2, -0.15) is 0 Å². The monoisotopic (exact) mass is 287 g/mol. The summed E-state index contributed by atoms with van der Waals surface area (Å²) in [6.45, 7) is 0. The van der Waals surface area contributed by atoms with E-state index in [9.17, 15) is 0 Å². The Morgan fingerprint density at radius 3 is 1.27 bits per heavy atom. The Balaban J connectivity index is 3.79. The third-order valence-electron chi connectivity index (χ3n) is 0.359. The molecule has 0 atom stereocenters. The predicted molar refractivity (Wildman–Crippen MR) is 15.5 cm³/mol. The molecule has 8 nitrogen and oxygen atoms in total. The van der Waals surface area contributed by atoms with Gasteiger partial charge < -0.3 is 0 Å². The van der Waals surface area contributed by atoms with E-state index >= 15 is 0 Å². The van der Waals surface area contributed by atoms with Crippen LogP contribution in [0.25, 0.3) is 0 Å². The summed E-state index contributed by atoms with van der Waals surface area (Å²) < 4.78 is 57.4. The Hall–Kier alpha value is 1.43. The van der Waals surface area contributed by atoms with E-state index in [1.165, 1.54) is 0 Å². The predicted octanol–water partition coefficient (Wildman–Crippen LogP) is -3.49. The van der Waals surface area contributed by atoms with Gasteiger partial charge in [-0.15, -0.1) is 0 Å². The molecule has 0 aliphatic rings. The van der Waals surface area contributed by atoms with Crippen molar-refractivity contribution in [2.45, 2.75) is 0 Å². The molecule has 0 radical (unpaired) electrons. The van der Waals surface area contributed by atoms with Gasteiger partial charge in [0.1, 0.15) is 0 Å². The van der Waals surface area contributed by atoms with Crippen LogP contribution in [0.1, 0.15) is 0 Å². The molecule has 0 aromatic heterocycles. The van der Waals surface area contributed by atoms with Crippen molar-refractivity contribution in [1.82, 2.24) is 0 Å². The second kappa shape index (κ2) is 5.23. The Bertz CT molecular complexity index is 95.9. The molecule has 0 amide bonds. The molecule has 0 aromatic rings. The molecule has 11 heavy (non-hydrogen) atoms. The van der Waals surface area contributed by atoms with E-state index in [0.29, 0.717) is 0 Å². The van der Waals surface area contributed by atoms with Crippen LogP contribution in [0, 0.1) is 0 Å². The average molecular weight is 287 g/mol. The fourth-order valence-electron chi connectivity index (χ4n) is 0.205. The molecule has 0 aromatic carbocycles. The van der Waals surface area contributed by atoms with E-state index in [-0.39, 0.29) is 0 Å². The third-order valence-corrected chi connectivity index (χ3v) is 6.10. The SMILES string of the molecule is [OH][V]([OH])[O][V]([OH])([OH])[O][V]([OH])[OH]. The molecular formula is H6O8V3. The van der Waals surface area contributed by atoms with E-state index in [1.807, 2.05) is 0 Å². The molecule has 0 heterocycles. The van der Waals surface area contributed by atoms with E-state index in [4.69, 9.17) is 24.2 Å². The average Bonchev–Trinajstić information content (AvgIpc) is 1.53. The standard InChI is InChI=1S/6H2O.2O.3V/h6*1H2;;;;;/q;;;;;;;;3*+2/p-6. The van der Waals surface area contributed by atoms with Crippen LogP contribution in [0.2, 0.25) is 0 Å². The Morgan fingerprint density at radius 2 is 1.09 bits per heavy atom. The van der Waals surface area contributed by atoms with Crippen molar-refractivity contribution in [3.8, 4) is 0 Å². The molecule has 0 saturated carbocycles. The zero-order chi connectivity index (χ0) is 9.07. The molecule has 0 saturated heterocycles. The van der Waals surface area contributed by atoms with E-state index < -0.39 is 47.9 Å². The molecule has 0 fully saturated rings. The van der Waals surface area contributed by atoms with Crippen molar-refractivity contribution in [3.63, 3.8) is 0 Å². The van der Waals surface area contributed by atoms with Crippen LogP contribution in [0.5, 0.6) is 0 Å². The van der Waals surface area contributed by atoms with Crippen LogP contribution in [0.4, 0.5) is 0 Å². The summed E-state index contributed by atoms with van der Waals surface area (Å²) in [5.41, 5.74) is 0. The molecule has 11 heteroatoms. The van der Waals surface area contributed by atoms with Crippen molar-refractivity contribution >= 4 is 0 Å². The van der Waals surface area contributed by atoms with Gasteiger partial charge in [0.15, 0.2) is 0 Å². The topological polar surface area (TPSA) is 140 Å². The molecule has 6 N–H and O–H groups in total. The molecule has 0 aliphatic heterocycles. The molecule has 69 valence electrons. The van der Waals surface area contributed by atoms with Crippen molar-refractivity contribution in [3.05, 3.63) is 0 Å². The Kier molecular flexibility index (Phi) is 5.91. The van der Waals surface area contributed by atoms with Crippen molar-refractivity contribution in [1.29, 1.82) is 0 Å². The van der Waals surface area contributed by atoms with Gasteiger partial charge in [0.25, 0.3) is 0 Å². The first-order chi connectivity index (χ1) is 4.83. The Morgan fingerprint density at radius 1 is 0.818 bits per heavy atom. The van der Waals surface area contributed by atoms with Gasteiger partial charge in [-0.1, -0.05) is 0 Å². The minimum atomic E-state index is -5.03. The maximum atomic E-state index is 8.57. The van der Waals surface area contributed by atoms with Gasteiger partial charge in [0, 0.05) is 0 Å². The van der Waals surface area contributed by atoms with Crippen molar-refractivity contribution in [2.75, 3.05) is 0 Å². The molecule has 0 bridgehead atoms. The van der Waals surface area contributed by atoms with Gasteiger partial charge in [-0.25, -0.2) is 0 Å². The van der Waals surface area contributed by atoms with Crippen LogP contribution in [-0.2, 0) is 53.0 Å². The number of rotatable bonds is 4. The summed E-state index contributed by atoms with van der Waals surface area (Å²) in [6, 6.07) is 0. The fraction of sp³-hybridized carbons (Fsp3) is 0. The summed E-state index contributed by atoms with van der Waals surface area (Å²) in [7, 11) is 0. The van der Waals surface area contributed by atoms with Crippen molar-refractivity contribution in [2.24, 2.45) is 0 Å². The first-order valence-electron chi connectivity index (χ1n) is 1.93. The van der Waals surface area contributed by atoms with Crippen LogP contribution in [0.3, 0.4) is 0 Å². The Labute approximate surface area is 77.0 Å². The molecule has 0 spiro atoms. The summed E-state index contributed by atoms with van der Waals surface area (Å²) in [6.07, 6.45) is 0. The summed E-state index contributed by atoms with van der Waals surface area (Å²) >= 11 is -12.3. The normalized spacial score (nSPS) is 13.1. The third kappa shape index (κ3) is 7.78. The second-order valence-electron chi connectivity index (χ2n) is 1.16. The summed E-state index contributed by atoms with van der Waals surface area (Å²) in [5.74, 6) is 0. The van der Waals surface area contributed by atoms with Crippen LogP contribution < -0.4 is 0 Å². The number of hydrogen-bond acceptors (Lipinski definition) is 8. The summed E-state index contributed by atoms with van der Waals surface area (Å²) in [5, 5.41) is 0. The zero-order valence-electron chi connectivity index (χ0n) is 4.84. The van der Waals surface area contributed by atoms with Crippen LogP contribution >= 0.6 is 0 Å². The molecular weight excluding hydrogens is 281 g/mol. The van der Waals surface area contributed by atoms with Crippen LogP contribution in [0.15, 0.2) is 0 Å². The van der Waals surface area contributed by atoms with Gasteiger partial charge in [-0.05, 0) is 0 Å².